The van der Waals surface area contributed by atoms with Crippen LogP contribution < -0.4 is 10.1 Å². The van der Waals surface area contributed by atoms with Gasteiger partial charge in [-0.05, 0) is 31.2 Å². The van der Waals surface area contributed by atoms with E-state index in [1.807, 2.05) is 0 Å². The van der Waals surface area contributed by atoms with Gasteiger partial charge in [0.25, 0.3) is 5.92 Å². The molecule has 0 radical (unpaired) electrons. The number of methoxy groups -OCH3 is 1. The quantitative estimate of drug-likeness (QED) is 0.411. The number of aromatic nitrogens is 5. The van der Waals surface area contributed by atoms with Crippen molar-refractivity contribution in [1.82, 2.24) is 29.0 Å². The van der Waals surface area contributed by atoms with Gasteiger partial charge < -0.3 is 19.5 Å². The number of alkyl halides is 3. The summed E-state index contributed by atoms with van der Waals surface area (Å²) in [5, 5.41) is 6.81. The van der Waals surface area contributed by atoms with Crippen molar-refractivity contribution >= 4 is 22.5 Å². The maximum absolute atomic E-state index is 15.2. The van der Waals surface area contributed by atoms with Gasteiger partial charge in [0.2, 0.25) is 11.8 Å². The van der Waals surface area contributed by atoms with Crippen molar-refractivity contribution in [3.05, 3.63) is 36.3 Å². The summed E-state index contributed by atoms with van der Waals surface area (Å²) in [6.07, 6.45) is 2.50. The zero-order valence-corrected chi connectivity index (χ0v) is 18.9. The second-order valence-electron chi connectivity index (χ2n) is 8.53. The molecule has 3 aromatic heterocycles. The van der Waals surface area contributed by atoms with Crippen LogP contribution in [0.3, 0.4) is 0 Å². The molecule has 35 heavy (non-hydrogen) atoms. The molecule has 0 aliphatic carbocycles. The number of piperidine rings is 1. The molecule has 1 fully saturated rings. The highest BCUT2D eigenvalue weighted by molar-refractivity contribution is 5.90. The molecule has 0 spiro atoms. The van der Waals surface area contributed by atoms with Gasteiger partial charge in [-0.15, -0.1) is 5.10 Å². The fourth-order valence-corrected chi connectivity index (χ4v) is 4.48. The summed E-state index contributed by atoms with van der Waals surface area (Å²) in [5.41, 5.74) is 0.492. The Kier molecular flexibility index (Phi) is 5.74. The largest absolute Gasteiger partial charge is 0.479 e. The molecule has 8 nitrogen and oxygen atoms in total. The van der Waals surface area contributed by atoms with E-state index in [4.69, 9.17) is 4.74 Å². The molecule has 1 aliphatic rings. The summed E-state index contributed by atoms with van der Waals surface area (Å²) < 4.78 is 79.7. The maximum Gasteiger partial charge on any atom is 0.280 e. The summed E-state index contributed by atoms with van der Waals surface area (Å²) in [4.78, 5) is 9.67. The number of nitrogens with zero attached hydrogens (tertiary/aromatic N) is 6. The Bertz CT molecular complexity index is 1400. The van der Waals surface area contributed by atoms with Gasteiger partial charge >= 0.3 is 0 Å². The van der Waals surface area contributed by atoms with Gasteiger partial charge in [-0.1, -0.05) is 0 Å². The van der Waals surface area contributed by atoms with E-state index in [-0.39, 0.29) is 47.0 Å². The number of benzene rings is 1. The first-order chi connectivity index (χ1) is 16.7. The van der Waals surface area contributed by atoms with Gasteiger partial charge in [0, 0.05) is 6.54 Å². The van der Waals surface area contributed by atoms with Crippen molar-refractivity contribution in [3.63, 3.8) is 0 Å². The second kappa shape index (κ2) is 8.63. The summed E-state index contributed by atoms with van der Waals surface area (Å²) >= 11 is 0. The monoisotopic (exact) mass is 495 g/mol. The van der Waals surface area contributed by atoms with Crippen molar-refractivity contribution in [1.29, 1.82) is 0 Å². The van der Waals surface area contributed by atoms with Crippen LogP contribution >= 0.6 is 0 Å². The normalized spacial score (nSPS) is 18.4. The second-order valence-corrected chi connectivity index (χ2v) is 8.53. The van der Waals surface area contributed by atoms with Crippen molar-refractivity contribution < 1.29 is 26.7 Å². The number of hydrogen-bond acceptors (Lipinski definition) is 6. The lowest BCUT2D eigenvalue weighted by atomic mass is 10.0. The molecule has 1 N–H and O–H groups in total. The van der Waals surface area contributed by atoms with Gasteiger partial charge in [-0.25, -0.2) is 31.5 Å². The molecule has 1 aromatic carbocycles. The molecule has 186 valence electrons. The Morgan fingerprint density at radius 3 is 2.74 bits per heavy atom. The van der Waals surface area contributed by atoms with Crippen LogP contribution in [-0.4, -0.2) is 74.9 Å². The van der Waals surface area contributed by atoms with Crippen molar-refractivity contribution in [3.8, 4) is 17.0 Å². The average Bonchev–Trinajstić information content (AvgIpc) is 3.35. The zero-order chi connectivity index (χ0) is 24.9. The summed E-state index contributed by atoms with van der Waals surface area (Å²) in [6.45, 7) is -0.683. The minimum absolute atomic E-state index is 0.0277. The number of anilines is 1. The van der Waals surface area contributed by atoms with Gasteiger partial charge in [0.05, 0.1) is 49.8 Å². The minimum Gasteiger partial charge on any atom is -0.479 e. The Morgan fingerprint density at radius 1 is 1.23 bits per heavy atom. The van der Waals surface area contributed by atoms with E-state index in [2.05, 4.69) is 20.4 Å². The lowest BCUT2D eigenvalue weighted by Gasteiger charge is -2.36. The summed E-state index contributed by atoms with van der Waals surface area (Å²) in [7, 11) is 2.91. The SMILES string of the molecule is COc1nc(NC2CCN(C)CC2(F)F)nn2cc(F)c(-c3cc(F)c4ncn(CCF)c4c3)c12. The first-order valence-electron chi connectivity index (χ1n) is 10.9. The van der Waals surface area contributed by atoms with E-state index in [1.54, 1.807) is 7.05 Å². The first kappa shape index (κ1) is 23.3. The average molecular weight is 495 g/mol. The van der Waals surface area contributed by atoms with E-state index in [9.17, 15) is 17.6 Å². The van der Waals surface area contributed by atoms with Crippen LogP contribution in [0.15, 0.2) is 24.7 Å². The molecule has 4 aromatic rings. The van der Waals surface area contributed by atoms with E-state index >= 15 is 4.39 Å². The predicted octanol–water partition coefficient (Wildman–Crippen LogP) is 3.75. The van der Waals surface area contributed by atoms with Crippen LogP contribution in [0, 0.1) is 11.6 Å². The lowest BCUT2D eigenvalue weighted by Crippen LogP contribution is -2.53. The molecular weight excluding hydrogens is 473 g/mol. The van der Waals surface area contributed by atoms with Crippen molar-refractivity contribution in [2.75, 3.05) is 39.2 Å². The van der Waals surface area contributed by atoms with Gasteiger partial charge in [0.15, 0.2) is 11.6 Å². The smallest absolute Gasteiger partial charge is 0.280 e. The van der Waals surface area contributed by atoms with E-state index in [1.165, 1.54) is 29.0 Å². The molecule has 0 bridgehead atoms. The third-order valence-corrected chi connectivity index (χ3v) is 6.13. The molecule has 1 atom stereocenters. The fourth-order valence-electron chi connectivity index (χ4n) is 4.48. The number of aryl methyl sites for hydroxylation is 1. The number of nitrogens with one attached hydrogen (secondary N) is 1. The van der Waals surface area contributed by atoms with Gasteiger partial charge in [-0.2, -0.15) is 4.98 Å². The minimum atomic E-state index is -3.03. The van der Waals surface area contributed by atoms with Crippen LogP contribution in [0.2, 0.25) is 0 Å². The van der Waals surface area contributed by atoms with E-state index < -0.39 is 36.8 Å². The maximum atomic E-state index is 15.2. The van der Waals surface area contributed by atoms with Crippen molar-refractivity contribution in [2.24, 2.45) is 0 Å². The highest BCUT2D eigenvalue weighted by Gasteiger charge is 2.44. The Labute approximate surface area is 196 Å². The standard InChI is InChI=1S/C22H22F5N7O/c1-32-5-3-16(22(26,27)10-32)29-21-30-20(35-2)19-17(14(25)9-34(19)31-21)12-7-13(24)18-15(8-12)33(6-4-23)11-28-18/h7-9,11,16H,3-6,10H2,1-2H3,(H,29,31). The molecule has 1 aliphatic heterocycles. The fraction of sp³-hybridized carbons (Fsp3) is 0.409. The molecule has 4 heterocycles. The third-order valence-electron chi connectivity index (χ3n) is 6.13. The first-order valence-corrected chi connectivity index (χ1v) is 10.9. The van der Waals surface area contributed by atoms with Crippen LogP contribution in [-0.2, 0) is 6.54 Å². The Morgan fingerprint density at radius 2 is 2.03 bits per heavy atom. The van der Waals surface area contributed by atoms with Crippen molar-refractivity contribution in [2.45, 2.75) is 24.9 Å². The highest BCUT2D eigenvalue weighted by atomic mass is 19.3. The van der Waals surface area contributed by atoms with E-state index in [0.717, 1.165) is 16.8 Å². The van der Waals surface area contributed by atoms with Crippen LogP contribution in [0.25, 0.3) is 27.7 Å². The molecule has 0 amide bonds. The van der Waals surface area contributed by atoms with Crippen LogP contribution in [0.5, 0.6) is 5.88 Å². The van der Waals surface area contributed by atoms with Gasteiger partial charge in [-0.3, -0.25) is 0 Å². The van der Waals surface area contributed by atoms with Crippen LogP contribution in [0.1, 0.15) is 6.42 Å². The number of imidazole rings is 1. The lowest BCUT2D eigenvalue weighted by molar-refractivity contribution is -0.0675. The molecular formula is C22H22F5N7O. The molecule has 1 saturated heterocycles. The number of halogens is 5. The van der Waals surface area contributed by atoms with Crippen LogP contribution in [0.4, 0.5) is 27.9 Å². The molecule has 0 saturated carbocycles. The third kappa shape index (κ3) is 4.03. The molecule has 13 heteroatoms. The predicted molar refractivity (Wildman–Crippen MR) is 119 cm³/mol. The summed E-state index contributed by atoms with van der Waals surface area (Å²) in [5.74, 6) is -4.74. The topological polar surface area (TPSA) is 72.5 Å². The Hall–Kier alpha value is -3.48. The number of likely N-dealkylation sites (tertiary alicyclic amines) is 1. The number of rotatable bonds is 6. The number of fused-ring (bicyclic) bond motifs is 2. The van der Waals surface area contributed by atoms with Gasteiger partial charge in [0.1, 0.15) is 17.7 Å². The number of hydrogen-bond donors (Lipinski definition) is 1. The Balaban J connectivity index is 1.60. The highest BCUT2D eigenvalue weighted by Crippen LogP contribution is 2.37. The summed E-state index contributed by atoms with van der Waals surface area (Å²) in [6, 6.07) is 1.38. The van der Waals surface area contributed by atoms with E-state index in [0.29, 0.717) is 12.1 Å². The molecule has 5 rings (SSSR count). The number of ether oxygens (including phenoxy) is 1. The zero-order valence-electron chi connectivity index (χ0n) is 18.9. The molecule has 1 unspecified atom stereocenters.